The lowest BCUT2D eigenvalue weighted by atomic mass is 10.0. The molecule has 0 N–H and O–H groups in total. The van der Waals surface area contributed by atoms with Gasteiger partial charge in [0.05, 0.1) is 0 Å². The van der Waals surface area contributed by atoms with Gasteiger partial charge in [0, 0.05) is 37.8 Å². The molecule has 1 fully saturated rings. The summed E-state index contributed by atoms with van der Waals surface area (Å²) < 4.78 is 59.1. The summed E-state index contributed by atoms with van der Waals surface area (Å²) in [5.74, 6) is 0.185. The predicted molar refractivity (Wildman–Crippen MR) is 130 cm³/mol. The number of hydrogen-bond acceptors (Lipinski definition) is 5. The summed E-state index contributed by atoms with van der Waals surface area (Å²) in [5, 5.41) is 1.78. The van der Waals surface area contributed by atoms with Gasteiger partial charge in [0.1, 0.15) is 9.96 Å². The number of nitrogens with zero attached hydrogens (tertiary/aromatic N) is 2. The van der Waals surface area contributed by atoms with E-state index < -0.39 is 16.6 Å². The first kappa shape index (κ1) is 24.8. The Morgan fingerprint density at radius 1 is 1.00 bits per heavy atom. The van der Waals surface area contributed by atoms with E-state index in [0.29, 0.717) is 55.2 Å². The van der Waals surface area contributed by atoms with Crippen LogP contribution in [0.5, 0.6) is 5.75 Å². The van der Waals surface area contributed by atoms with Crippen LogP contribution in [0.3, 0.4) is 0 Å². The van der Waals surface area contributed by atoms with Crippen molar-refractivity contribution in [2.24, 2.45) is 0 Å². The molecule has 182 valence electrons. The summed E-state index contributed by atoms with van der Waals surface area (Å²) in [7, 11) is -3.59. The van der Waals surface area contributed by atoms with Crippen molar-refractivity contribution in [2.75, 3.05) is 19.6 Å². The fraction of sp³-hybridized carbons (Fsp3) is 0.360. The summed E-state index contributed by atoms with van der Waals surface area (Å²) in [6, 6.07) is 20.0. The maximum Gasteiger partial charge on any atom is 0.387 e. The van der Waals surface area contributed by atoms with Gasteiger partial charge in [-0.15, -0.1) is 11.3 Å². The van der Waals surface area contributed by atoms with Crippen molar-refractivity contribution >= 4 is 21.4 Å². The molecule has 9 heteroatoms. The molecule has 0 unspecified atom stereocenters. The zero-order valence-electron chi connectivity index (χ0n) is 18.7. The Morgan fingerprint density at radius 2 is 1.71 bits per heavy atom. The largest absolute Gasteiger partial charge is 0.434 e. The van der Waals surface area contributed by atoms with Crippen LogP contribution in [0.25, 0.3) is 0 Å². The summed E-state index contributed by atoms with van der Waals surface area (Å²) in [4.78, 5) is 2.16. The number of benzene rings is 2. The number of para-hydroxylation sites is 1. The lowest BCUT2D eigenvalue weighted by Gasteiger charge is -2.37. The Balaban J connectivity index is 1.44. The first-order chi connectivity index (χ1) is 16.4. The second kappa shape index (κ2) is 11.4. The molecule has 1 aliphatic heterocycles. The van der Waals surface area contributed by atoms with Crippen LogP contribution in [0.2, 0.25) is 0 Å². The molecule has 1 saturated heterocycles. The Bertz CT molecular complexity index is 1130. The molecule has 1 aliphatic rings. The lowest BCUT2D eigenvalue weighted by molar-refractivity contribution is -0.0508. The fourth-order valence-electron chi connectivity index (χ4n) is 4.36. The Labute approximate surface area is 203 Å². The van der Waals surface area contributed by atoms with Crippen molar-refractivity contribution < 1.29 is 21.9 Å². The number of halogens is 2. The highest BCUT2D eigenvalue weighted by Gasteiger charge is 2.34. The first-order valence-corrected chi connectivity index (χ1v) is 13.6. The van der Waals surface area contributed by atoms with Gasteiger partial charge in [0.2, 0.25) is 0 Å². The van der Waals surface area contributed by atoms with Gasteiger partial charge in [-0.1, -0.05) is 54.6 Å². The molecule has 0 spiro atoms. The van der Waals surface area contributed by atoms with Crippen molar-refractivity contribution in [2.45, 2.75) is 42.7 Å². The van der Waals surface area contributed by atoms with Crippen LogP contribution in [0.4, 0.5) is 8.78 Å². The average Bonchev–Trinajstić information content (AvgIpc) is 3.38. The molecule has 0 aliphatic carbocycles. The molecule has 0 bridgehead atoms. The van der Waals surface area contributed by atoms with Crippen LogP contribution >= 0.6 is 11.3 Å². The van der Waals surface area contributed by atoms with Crippen molar-refractivity contribution in [3.05, 3.63) is 83.2 Å². The molecule has 0 atom stereocenters. The number of alkyl halides is 2. The minimum atomic E-state index is -3.59. The lowest BCUT2D eigenvalue weighted by Crippen LogP contribution is -2.47. The second-order valence-electron chi connectivity index (χ2n) is 8.28. The number of piperidine rings is 1. The Kier molecular flexibility index (Phi) is 8.31. The Hall–Kier alpha value is -2.33. The molecule has 0 saturated carbocycles. The van der Waals surface area contributed by atoms with Gasteiger partial charge in [-0.2, -0.15) is 13.1 Å². The monoisotopic (exact) mass is 506 g/mol. The quantitative estimate of drug-likeness (QED) is 0.377. The third-order valence-corrected chi connectivity index (χ3v) is 9.39. The van der Waals surface area contributed by atoms with E-state index in [1.807, 2.05) is 30.3 Å². The number of sulfonamides is 1. The third kappa shape index (κ3) is 6.21. The van der Waals surface area contributed by atoms with Crippen LogP contribution in [-0.2, 0) is 23.0 Å². The topological polar surface area (TPSA) is 49.9 Å². The highest BCUT2D eigenvalue weighted by molar-refractivity contribution is 7.91. The minimum absolute atomic E-state index is 0.111. The predicted octanol–water partition coefficient (Wildman–Crippen LogP) is 5.25. The van der Waals surface area contributed by atoms with E-state index in [0.717, 1.165) is 5.56 Å². The van der Waals surface area contributed by atoms with Gasteiger partial charge < -0.3 is 4.74 Å². The number of ether oxygens (including phenoxy) is 1. The van der Waals surface area contributed by atoms with Crippen LogP contribution in [0.1, 0.15) is 24.0 Å². The second-order valence-corrected chi connectivity index (χ2v) is 11.3. The molecule has 0 amide bonds. The molecule has 5 nitrogen and oxygen atoms in total. The first-order valence-electron chi connectivity index (χ1n) is 11.3. The summed E-state index contributed by atoms with van der Waals surface area (Å²) in [6.45, 7) is -0.616. The van der Waals surface area contributed by atoms with E-state index in [4.69, 9.17) is 0 Å². The molecule has 4 rings (SSSR count). The number of hydrogen-bond donors (Lipinski definition) is 0. The van der Waals surface area contributed by atoms with Gasteiger partial charge in [-0.05, 0) is 42.3 Å². The number of thiophene rings is 1. The highest BCUT2D eigenvalue weighted by Crippen LogP contribution is 2.29. The summed E-state index contributed by atoms with van der Waals surface area (Å²) >= 11 is 1.24. The van der Waals surface area contributed by atoms with E-state index in [9.17, 15) is 17.2 Å². The number of likely N-dealkylation sites (tertiary alicyclic amines) is 1. The van der Waals surface area contributed by atoms with Crippen LogP contribution in [-0.4, -0.2) is 49.9 Å². The molecule has 2 aromatic carbocycles. The smallest absolute Gasteiger partial charge is 0.387 e. The normalized spacial score (nSPS) is 15.8. The van der Waals surface area contributed by atoms with Gasteiger partial charge in [-0.3, -0.25) is 4.90 Å². The van der Waals surface area contributed by atoms with E-state index in [-0.39, 0.29) is 11.8 Å². The third-order valence-electron chi connectivity index (χ3n) is 6.07. The molecule has 0 radical (unpaired) electrons. The fourth-order valence-corrected chi connectivity index (χ4v) is 7.17. The zero-order valence-corrected chi connectivity index (χ0v) is 20.4. The van der Waals surface area contributed by atoms with Crippen molar-refractivity contribution in [1.29, 1.82) is 0 Å². The van der Waals surface area contributed by atoms with Gasteiger partial charge in [0.15, 0.2) is 0 Å². The molecule has 3 aromatic rings. The summed E-state index contributed by atoms with van der Waals surface area (Å²) in [5.41, 5.74) is 1.80. The van der Waals surface area contributed by atoms with E-state index >= 15 is 0 Å². The van der Waals surface area contributed by atoms with Crippen molar-refractivity contribution in [3.63, 3.8) is 0 Å². The summed E-state index contributed by atoms with van der Waals surface area (Å²) in [6.07, 6.45) is 2.00. The van der Waals surface area contributed by atoms with Crippen molar-refractivity contribution in [1.82, 2.24) is 9.21 Å². The molecule has 2 heterocycles. The maximum absolute atomic E-state index is 13.5. The SMILES string of the molecule is O=S(=O)(c1cccs1)N(CCc1ccccc1)C1CCN(Cc2ccccc2OC(F)F)CC1. The van der Waals surface area contributed by atoms with Gasteiger partial charge >= 0.3 is 6.61 Å². The standard InChI is InChI=1S/C25H28F2N2O3S2/c26-25(27)32-23-10-5-4-9-21(23)19-28-15-13-22(14-16-28)29(17-12-20-7-2-1-3-8-20)34(30,31)24-11-6-18-33-24/h1-11,18,22,25H,12-17,19H2. The van der Waals surface area contributed by atoms with Gasteiger partial charge in [0.25, 0.3) is 10.0 Å². The molecule has 1 aromatic heterocycles. The average molecular weight is 507 g/mol. The zero-order chi connectivity index (χ0) is 24.0. The molecular weight excluding hydrogens is 478 g/mol. The number of rotatable bonds is 10. The Morgan fingerprint density at radius 3 is 2.38 bits per heavy atom. The van der Waals surface area contributed by atoms with E-state index in [2.05, 4.69) is 9.64 Å². The van der Waals surface area contributed by atoms with Crippen LogP contribution in [0.15, 0.2) is 76.3 Å². The van der Waals surface area contributed by atoms with Crippen LogP contribution in [0, 0.1) is 0 Å². The molecular formula is C25H28F2N2O3S2. The van der Waals surface area contributed by atoms with Crippen molar-refractivity contribution in [3.8, 4) is 5.75 Å². The highest BCUT2D eigenvalue weighted by atomic mass is 32.2. The van der Waals surface area contributed by atoms with E-state index in [1.165, 1.54) is 11.3 Å². The van der Waals surface area contributed by atoms with Gasteiger partial charge in [-0.25, -0.2) is 8.42 Å². The minimum Gasteiger partial charge on any atom is -0.434 e. The van der Waals surface area contributed by atoms with E-state index in [1.54, 1.807) is 46.1 Å². The van der Waals surface area contributed by atoms with Crippen LogP contribution < -0.4 is 4.74 Å². The molecule has 34 heavy (non-hydrogen) atoms. The maximum atomic E-state index is 13.5.